The van der Waals surface area contributed by atoms with Gasteiger partial charge in [0.05, 0.1) is 11.7 Å². The number of carbonyl (C=O) groups excluding carboxylic acids is 2. The minimum Gasteiger partial charge on any atom is -0.459 e. The molecule has 1 aliphatic carbocycles. The van der Waals surface area contributed by atoms with E-state index < -0.39 is 11.9 Å². The van der Waals surface area contributed by atoms with Crippen LogP contribution in [0.2, 0.25) is 10.0 Å². The van der Waals surface area contributed by atoms with Crippen LogP contribution in [-0.4, -0.2) is 17.9 Å². The van der Waals surface area contributed by atoms with Gasteiger partial charge >= 0.3 is 5.97 Å². The molecule has 6 heteroatoms. The minimum absolute atomic E-state index is 0.0232. The van der Waals surface area contributed by atoms with Crippen molar-refractivity contribution in [1.82, 2.24) is 5.32 Å². The third-order valence-electron chi connectivity index (χ3n) is 6.45. The average Bonchev–Trinajstić information content (AvgIpc) is 2.78. The van der Waals surface area contributed by atoms with E-state index in [0.29, 0.717) is 46.2 Å². The van der Waals surface area contributed by atoms with Gasteiger partial charge in [-0.25, -0.2) is 4.79 Å². The molecule has 1 N–H and O–H groups in total. The van der Waals surface area contributed by atoms with Crippen molar-refractivity contribution in [2.75, 3.05) is 0 Å². The van der Waals surface area contributed by atoms with E-state index in [0.717, 1.165) is 16.8 Å². The fourth-order valence-electron chi connectivity index (χ4n) is 4.63. The molecule has 1 aliphatic heterocycles. The molecule has 4 nitrogen and oxygen atoms in total. The Hall–Kier alpha value is -2.56. The number of hydrogen-bond acceptors (Lipinski definition) is 4. The van der Waals surface area contributed by atoms with Crippen molar-refractivity contribution in [3.63, 3.8) is 0 Å². The van der Waals surface area contributed by atoms with E-state index in [1.165, 1.54) is 0 Å². The molecule has 1 heterocycles. The first-order valence-electron chi connectivity index (χ1n) is 11.2. The van der Waals surface area contributed by atoms with Crippen molar-refractivity contribution in [3.05, 3.63) is 92.2 Å². The number of ether oxygens (including phenoxy) is 1. The Morgan fingerprint density at radius 1 is 1.09 bits per heavy atom. The standard InChI is InChI=1S/C27H27Cl2NO3/c1-4-15(2)33-27(32)24-16(3)30-22-13-19(17-8-10-20(28)11-9-17)14-23(31)26(22)25(24)18-6-5-7-21(29)12-18/h5-12,15,19,25,30H,4,13-14H2,1-3H3/t15-,19-,25-/m1/s1. The van der Waals surface area contributed by atoms with Gasteiger partial charge in [0.1, 0.15) is 0 Å². The summed E-state index contributed by atoms with van der Waals surface area (Å²) in [5.74, 6) is -0.855. The van der Waals surface area contributed by atoms with Crippen LogP contribution in [0.25, 0.3) is 0 Å². The number of rotatable bonds is 5. The Kier molecular flexibility index (Phi) is 6.96. The van der Waals surface area contributed by atoms with E-state index in [2.05, 4.69) is 5.32 Å². The van der Waals surface area contributed by atoms with Gasteiger partial charge in [-0.2, -0.15) is 0 Å². The molecule has 0 aromatic heterocycles. The molecule has 0 bridgehead atoms. The smallest absolute Gasteiger partial charge is 0.337 e. The first kappa shape index (κ1) is 23.6. The number of carbonyl (C=O) groups is 2. The lowest BCUT2D eigenvalue weighted by Crippen LogP contribution is -2.36. The molecule has 0 radical (unpaired) electrons. The van der Waals surface area contributed by atoms with E-state index in [1.807, 2.05) is 63.2 Å². The Morgan fingerprint density at radius 2 is 1.82 bits per heavy atom. The summed E-state index contributed by atoms with van der Waals surface area (Å²) >= 11 is 12.4. The van der Waals surface area contributed by atoms with Crippen molar-refractivity contribution in [2.45, 2.75) is 58.0 Å². The van der Waals surface area contributed by atoms with E-state index in [1.54, 1.807) is 6.07 Å². The molecule has 2 aliphatic rings. The Morgan fingerprint density at radius 3 is 2.48 bits per heavy atom. The largest absolute Gasteiger partial charge is 0.459 e. The molecule has 2 aromatic rings. The number of esters is 1. The number of ketones is 1. The molecule has 172 valence electrons. The van der Waals surface area contributed by atoms with Crippen molar-refractivity contribution < 1.29 is 14.3 Å². The molecule has 4 rings (SSSR count). The molecule has 0 saturated heterocycles. The number of benzene rings is 2. The highest BCUT2D eigenvalue weighted by Gasteiger charge is 2.41. The van der Waals surface area contributed by atoms with Crippen LogP contribution in [0.1, 0.15) is 63.0 Å². The van der Waals surface area contributed by atoms with E-state index in [-0.39, 0.29) is 17.8 Å². The Bertz CT molecular complexity index is 1150. The molecular formula is C27H27Cl2NO3. The van der Waals surface area contributed by atoms with E-state index in [9.17, 15) is 9.59 Å². The first-order valence-corrected chi connectivity index (χ1v) is 12.0. The van der Waals surface area contributed by atoms with Crippen molar-refractivity contribution in [2.24, 2.45) is 0 Å². The number of nitrogens with one attached hydrogen (secondary N) is 1. The van der Waals surface area contributed by atoms with Gasteiger partial charge in [-0.05, 0) is 68.0 Å². The summed E-state index contributed by atoms with van der Waals surface area (Å²) in [7, 11) is 0. The lowest BCUT2D eigenvalue weighted by molar-refractivity contribution is -0.144. The maximum absolute atomic E-state index is 13.6. The molecule has 33 heavy (non-hydrogen) atoms. The summed E-state index contributed by atoms with van der Waals surface area (Å²) in [6, 6.07) is 15.0. The number of Topliss-reactive ketones (excluding diaryl/α,β-unsaturated/α-hetero) is 1. The zero-order chi connectivity index (χ0) is 23.7. The molecular weight excluding hydrogens is 457 g/mol. The quantitative estimate of drug-likeness (QED) is 0.480. The molecule has 0 spiro atoms. The van der Waals surface area contributed by atoms with Crippen LogP contribution in [0.15, 0.2) is 71.1 Å². The van der Waals surface area contributed by atoms with Gasteiger partial charge in [-0.1, -0.05) is 54.4 Å². The minimum atomic E-state index is -0.518. The summed E-state index contributed by atoms with van der Waals surface area (Å²) in [5.41, 5.74) is 4.54. The Balaban J connectivity index is 1.78. The summed E-state index contributed by atoms with van der Waals surface area (Å²) in [5, 5.41) is 4.60. The van der Waals surface area contributed by atoms with Crippen LogP contribution >= 0.6 is 23.2 Å². The lowest BCUT2D eigenvalue weighted by atomic mass is 9.72. The van der Waals surface area contributed by atoms with Crippen LogP contribution < -0.4 is 5.32 Å². The zero-order valence-corrected chi connectivity index (χ0v) is 20.5. The summed E-state index contributed by atoms with van der Waals surface area (Å²) < 4.78 is 5.69. The van der Waals surface area contributed by atoms with Gasteiger partial charge in [0, 0.05) is 39.4 Å². The van der Waals surface area contributed by atoms with Gasteiger partial charge in [0.2, 0.25) is 0 Å². The predicted molar refractivity (Wildman–Crippen MR) is 131 cm³/mol. The first-order chi connectivity index (χ1) is 15.8. The molecule has 0 saturated carbocycles. The number of halogens is 2. The molecule has 0 amide bonds. The average molecular weight is 484 g/mol. The van der Waals surface area contributed by atoms with Crippen LogP contribution in [0.5, 0.6) is 0 Å². The highest BCUT2D eigenvalue weighted by molar-refractivity contribution is 6.30. The van der Waals surface area contributed by atoms with Gasteiger partial charge < -0.3 is 10.1 Å². The maximum atomic E-state index is 13.6. The predicted octanol–water partition coefficient (Wildman–Crippen LogP) is 6.70. The van der Waals surface area contributed by atoms with E-state index in [4.69, 9.17) is 27.9 Å². The maximum Gasteiger partial charge on any atom is 0.337 e. The third-order valence-corrected chi connectivity index (χ3v) is 6.94. The number of allylic oxidation sites excluding steroid dienone is 3. The van der Waals surface area contributed by atoms with Crippen molar-refractivity contribution >= 4 is 35.0 Å². The van der Waals surface area contributed by atoms with Gasteiger partial charge in [0.25, 0.3) is 0 Å². The molecule has 2 aromatic carbocycles. The van der Waals surface area contributed by atoms with E-state index >= 15 is 0 Å². The fourth-order valence-corrected chi connectivity index (χ4v) is 4.95. The van der Waals surface area contributed by atoms with Crippen molar-refractivity contribution in [1.29, 1.82) is 0 Å². The molecule has 0 fully saturated rings. The van der Waals surface area contributed by atoms with Crippen molar-refractivity contribution in [3.8, 4) is 0 Å². The summed E-state index contributed by atoms with van der Waals surface area (Å²) in [6.07, 6.45) is 1.53. The highest BCUT2D eigenvalue weighted by atomic mass is 35.5. The second kappa shape index (κ2) is 9.74. The fraction of sp³-hybridized carbons (Fsp3) is 0.333. The SMILES string of the molecule is CC[C@@H](C)OC(=O)C1=C(C)NC2=C(C(=O)C[C@H](c3ccc(Cl)cc3)C2)[C@@H]1c1cccc(Cl)c1. The molecule has 0 unspecified atom stereocenters. The third kappa shape index (κ3) is 4.87. The van der Waals surface area contributed by atoms with Crippen LogP contribution in [0.3, 0.4) is 0 Å². The van der Waals surface area contributed by atoms with Gasteiger partial charge in [0.15, 0.2) is 5.78 Å². The number of hydrogen-bond donors (Lipinski definition) is 1. The van der Waals surface area contributed by atoms with Crippen LogP contribution in [-0.2, 0) is 14.3 Å². The van der Waals surface area contributed by atoms with Gasteiger partial charge in [-0.3, -0.25) is 4.79 Å². The monoisotopic (exact) mass is 483 g/mol. The van der Waals surface area contributed by atoms with Crippen LogP contribution in [0.4, 0.5) is 0 Å². The summed E-state index contributed by atoms with van der Waals surface area (Å²) in [4.78, 5) is 26.8. The lowest BCUT2D eigenvalue weighted by Gasteiger charge is -2.37. The van der Waals surface area contributed by atoms with Gasteiger partial charge in [-0.15, -0.1) is 0 Å². The van der Waals surface area contributed by atoms with Crippen LogP contribution in [0, 0.1) is 0 Å². The highest BCUT2D eigenvalue weighted by Crippen LogP contribution is 2.46. The second-order valence-electron chi connectivity index (χ2n) is 8.75. The molecule has 3 atom stereocenters. The summed E-state index contributed by atoms with van der Waals surface area (Å²) in [6.45, 7) is 5.70. The topological polar surface area (TPSA) is 55.4 Å². The second-order valence-corrected chi connectivity index (χ2v) is 9.62. The zero-order valence-electron chi connectivity index (χ0n) is 19.0. The number of dihydropyridines is 1. The normalized spacial score (nSPS) is 21.4. The Labute approximate surface area is 204 Å².